The monoisotopic (exact) mass is 438 g/mol. The third-order valence-electron chi connectivity index (χ3n) is 3.99. The van der Waals surface area contributed by atoms with Crippen LogP contribution in [0.3, 0.4) is 0 Å². The molecule has 3 heteroatoms. The molecule has 4 aromatic carbocycles. The van der Waals surface area contributed by atoms with Gasteiger partial charge >= 0.3 is 20.4 Å². The molecule has 0 saturated heterocycles. The second-order valence-electron chi connectivity index (χ2n) is 5.84. The molecule has 0 bridgehead atoms. The van der Waals surface area contributed by atoms with Gasteiger partial charge in [-0.2, -0.15) is 0 Å². The van der Waals surface area contributed by atoms with Crippen LogP contribution in [-0.4, -0.2) is 12.4 Å². The molecule has 2 nitrogen and oxygen atoms in total. The Bertz CT molecular complexity index is 983. The first-order chi connectivity index (χ1) is 12.9. The first-order valence-electron chi connectivity index (χ1n) is 8.43. The first kappa shape index (κ1) is 18.9. The molecule has 0 atom stereocenters. The van der Waals surface area contributed by atoms with E-state index in [0.717, 1.165) is 33.3 Å². The first-order valence-corrected chi connectivity index (χ1v) is 8.43. The molecular weight excluding hydrogens is 423 g/mol. The average Bonchev–Trinajstić information content (AvgIpc) is 2.72. The fourth-order valence-corrected chi connectivity index (χ4v) is 2.68. The quantitative estimate of drug-likeness (QED) is 0.214. The largest absolute Gasteiger partial charge is 2.00 e. The molecule has 4 rings (SSSR count). The summed E-state index contributed by atoms with van der Waals surface area (Å²) in [5, 5.41) is 2.28. The van der Waals surface area contributed by atoms with E-state index in [1.165, 1.54) is 0 Å². The van der Waals surface area contributed by atoms with Crippen LogP contribution in [0.2, 0.25) is 0 Å². The number of benzene rings is 4. The molecule has 0 amide bonds. The zero-order chi connectivity index (χ0) is 17.6. The van der Waals surface area contributed by atoms with Gasteiger partial charge in [0.1, 0.15) is 0 Å². The standard InChI is InChI=1S/C24H16N2.Pd/c1-3-9-19(10-4-1)17-25-23-15-21-13-7-8-14-22(21)16-24(23)26-18-20-11-5-2-6-12-20;/h1-9,11,13-18H;/q-2;+2. The Hall–Kier alpha value is -2.86. The van der Waals surface area contributed by atoms with Gasteiger partial charge in [0.05, 0.1) is 11.4 Å². The summed E-state index contributed by atoms with van der Waals surface area (Å²) in [6.45, 7) is 0. The fourth-order valence-electron chi connectivity index (χ4n) is 2.68. The van der Waals surface area contributed by atoms with Crippen LogP contribution in [0.25, 0.3) is 10.8 Å². The van der Waals surface area contributed by atoms with Crippen molar-refractivity contribution in [3.63, 3.8) is 0 Å². The number of nitrogens with zero attached hydrogens (tertiary/aromatic N) is 2. The molecular formula is C24H16N2Pd. The minimum Gasteiger partial charge on any atom is -0.302 e. The van der Waals surface area contributed by atoms with Gasteiger partial charge in [0.15, 0.2) is 0 Å². The average molecular weight is 439 g/mol. The molecule has 0 N–H and O–H groups in total. The summed E-state index contributed by atoms with van der Waals surface area (Å²) in [7, 11) is 0. The van der Waals surface area contributed by atoms with Crippen molar-refractivity contribution in [2.24, 2.45) is 9.98 Å². The van der Waals surface area contributed by atoms with Gasteiger partial charge in [-0.25, -0.2) is 0 Å². The molecule has 0 aliphatic carbocycles. The third-order valence-corrected chi connectivity index (χ3v) is 3.99. The normalized spacial score (nSPS) is 11.1. The van der Waals surface area contributed by atoms with Crippen molar-refractivity contribution in [3.8, 4) is 0 Å². The molecule has 0 fully saturated rings. The Morgan fingerprint density at radius 3 is 1.44 bits per heavy atom. The van der Waals surface area contributed by atoms with Crippen molar-refractivity contribution >= 4 is 34.6 Å². The van der Waals surface area contributed by atoms with Crippen LogP contribution in [0.4, 0.5) is 11.4 Å². The van der Waals surface area contributed by atoms with Crippen LogP contribution in [0.5, 0.6) is 0 Å². The van der Waals surface area contributed by atoms with Crippen molar-refractivity contribution in [1.29, 1.82) is 0 Å². The van der Waals surface area contributed by atoms with E-state index in [1.54, 1.807) is 0 Å². The van der Waals surface area contributed by atoms with Gasteiger partial charge in [0.2, 0.25) is 0 Å². The van der Waals surface area contributed by atoms with E-state index in [9.17, 15) is 0 Å². The number of hydrogen-bond donors (Lipinski definition) is 0. The summed E-state index contributed by atoms with van der Waals surface area (Å²) in [5.41, 5.74) is 3.53. The maximum atomic E-state index is 4.66. The zero-order valence-corrected chi connectivity index (χ0v) is 16.0. The molecule has 0 aliphatic rings. The minimum atomic E-state index is 0. The second kappa shape index (κ2) is 9.19. The summed E-state index contributed by atoms with van der Waals surface area (Å²) in [6.07, 6.45) is 3.63. The van der Waals surface area contributed by atoms with E-state index < -0.39 is 0 Å². The molecule has 0 unspecified atom stereocenters. The smallest absolute Gasteiger partial charge is 0.302 e. The maximum absolute atomic E-state index is 4.66. The van der Waals surface area contributed by atoms with Crippen LogP contribution in [0.15, 0.2) is 94.9 Å². The maximum Gasteiger partial charge on any atom is 2.00 e. The van der Waals surface area contributed by atoms with Gasteiger partial charge < -0.3 is 9.98 Å². The molecule has 0 aliphatic heterocycles. The number of hydrogen-bond acceptors (Lipinski definition) is 2. The molecule has 0 radical (unpaired) electrons. The van der Waals surface area contributed by atoms with Crippen LogP contribution in [0.1, 0.15) is 11.1 Å². The molecule has 0 heterocycles. The summed E-state index contributed by atoms with van der Waals surface area (Å²) < 4.78 is 0. The predicted octanol–water partition coefficient (Wildman–Crippen LogP) is 5.94. The van der Waals surface area contributed by atoms with Crippen molar-refractivity contribution in [2.45, 2.75) is 0 Å². The summed E-state index contributed by atoms with van der Waals surface area (Å²) in [6, 6.07) is 34.2. The van der Waals surface area contributed by atoms with Gasteiger partial charge in [-0.05, 0) is 35.3 Å². The van der Waals surface area contributed by atoms with Gasteiger partial charge in [-0.15, -0.1) is 71.8 Å². The van der Waals surface area contributed by atoms with E-state index in [2.05, 4.69) is 46.4 Å². The predicted molar refractivity (Wildman–Crippen MR) is 109 cm³/mol. The van der Waals surface area contributed by atoms with Crippen molar-refractivity contribution < 1.29 is 20.4 Å². The summed E-state index contributed by atoms with van der Waals surface area (Å²) in [4.78, 5) is 9.32. The molecule has 0 aromatic heterocycles. The van der Waals surface area contributed by atoms with Crippen LogP contribution < -0.4 is 0 Å². The van der Waals surface area contributed by atoms with Crippen LogP contribution in [0, 0.1) is 12.1 Å². The Labute approximate surface area is 173 Å². The number of fused-ring (bicyclic) bond motifs is 1. The third kappa shape index (κ3) is 4.86. The molecule has 4 aromatic rings. The SMILES string of the molecule is [Pd+2].[c-]1ccccc1C=Nc1cc2ccccc2cc1N=Cc1[c-]cccc1. The van der Waals surface area contributed by atoms with Gasteiger partial charge in [0, 0.05) is 0 Å². The van der Waals surface area contributed by atoms with E-state index in [1.807, 2.05) is 73.1 Å². The van der Waals surface area contributed by atoms with Gasteiger partial charge in [0.25, 0.3) is 0 Å². The molecule has 27 heavy (non-hydrogen) atoms. The molecule has 0 spiro atoms. The van der Waals surface area contributed by atoms with E-state index >= 15 is 0 Å². The Balaban J connectivity index is 0.00000210. The van der Waals surface area contributed by atoms with Gasteiger partial charge in [-0.1, -0.05) is 24.3 Å². The number of aliphatic imine (C=N–C) groups is 2. The Kier molecular flexibility index (Phi) is 6.44. The Morgan fingerprint density at radius 1 is 0.593 bits per heavy atom. The van der Waals surface area contributed by atoms with Crippen molar-refractivity contribution in [3.05, 3.63) is 108 Å². The van der Waals surface area contributed by atoms with Crippen molar-refractivity contribution in [1.82, 2.24) is 0 Å². The topological polar surface area (TPSA) is 24.7 Å². The van der Waals surface area contributed by atoms with Crippen LogP contribution in [-0.2, 0) is 20.4 Å². The second-order valence-corrected chi connectivity index (χ2v) is 5.84. The van der Waals surface area contributed by atoms with E-state index in [-0.39, 0.29) is 20.4 Å². The van der Waals surface area contributed by atoms with E-state index in [4.69, 9.17) is 0 Å². The van der Waals surface area contributed by atoms with E-state index in [0.29, 0.717) is 0 Å². The zero-order valence-electron chi connectivity index (χ0n) is 14.4. The fraction of sp³-hybridized carbons (Fsp3) is 0. The molecule has 0 saturated carbocycles. The Morgan fingerprint density at radius 2 is 1.04 bits per heavy atom. The van der Waals surface area contributed by atoms with Crippen LogP contribution >= 0.6 is 0 Å². The molecule has 132 valence electrons. The van der Waals surface area contributed by atoms with Crippen molar-refractivity contribution in [2.75, 3.05) is 0 Å². The minimum absolute atomic E-state index is 0. The van der Waals surface area contributed by atoms with Gasteiger partial charge in [-0.3, -0.25) is 0 Å². The summed E-state index contributed by atoms with van der Waals surface area (Å²) in [5.74, 6) is 0. The number of rotatable bonds is 4. The summed E-state index contributed by atoms with van der Waals surface area (Å²) >= 11 is 0.